The Balaban J connectivity index is 1.49. The van der Waals surface area contributed by atoms with Crippen LogP contribution in [0.15, 0.2) is 42.5 Å². The molecule has 4 rings (SSSR count). The maximum absolute atomic E-state index is 5.43. The van der Waals surface area contributed by atoms with E-state index in [9.17, 15) is 0 Å². The number of fused-ring (bicyclic) bond motifs is 1. The van der Waals surface area contributed by atoms with Gasteiger partial charge in [0, 0.05) is 24.4 Å². The molecule has 0 spiro atoms. The van der Waals surface area contributed by atoms with Gasteiger partial charge in [-0.15, -0.1) is 0 Å². The average molecular weight is 394 g/mol. The molecule has 1 aliphatic heterocycles. The summed E-state index contributed by atoms with van der Waals surface area (Å²) >= 11 is 0. The number of ether oxygens (including phenoxy) is 4. The largest absolute Gasteiger partial charge is 0.497 e. The van der Waals surface area contributed by atoms with Gasteiger partial charge in [0.2, 0.25) is 12.7 Å². The molecule has 0 unspecified atom stereocenters. The molecule has 0 saturated heterocycles. The minimum absolute atomic E-state index is 0.265. The van der Waals surface area contributed by atoms with Crippen LogP contribution in [0, 0.1) is 6.92 Å². The quantitative estimate of drug-likeness (QED) is 0.624. The normalized spacial score (nSPS) is 11.8. The van der Waals surface area contributed by atoms with E-state index in [1.54, 1.807) is 20.3 Å². The van der Waals surface area contributed by atoms with Gasteiger partial charge in [0.25, 0.3) is 0 Å². The van der Waals surface area contributed by atoms with E-state index >= 15 is 0 Å². The highest BCUT2D eigenvalue weighted by Crippen LogP contribution is 2.33. The molecule has 1 aliphatic rings. The summed E-state index contributed by atoms with van der Waals surface area (Å²) in [5.41, 5.74) is 2.65. The molecule has 8 heteroatoms. The predicted octanol–water partition coefficient (Wildman–Crippen LogP) is 3.89. The summed E-state index contributed by atoms with van der Waals surface area (Å²) in [5.74, 6) is 4.07. The van der Waals surface area contributed by atoms with Gasteiger partial charge in [-0.1, -0.05) is 6.07 Å². The average Bonchev–Trinajstić information content (AvgIpc) is 3.20. The number of nitrogens with one attached hydrogen (secondary N) is 2. The van der Waals surface area contributed by atoms with Crippen molar-refractivity contribution in [3.05, 3.63) is 53.7 Å². The van der Waals surface area contributed by atoms with Crippen LogP contribution in [-0.4, -0.2) is 31.0 Å². The summed E-state index contributed by atoms with van der Waals surface area (Å²) in [5, 5.41) is 6.54. The lowest BCUT2D eigenvalue weighted by Gasteiger charge is -2.13. The van der Waals surface area contributed by atoms with Crippen LogP contribution >= 0.6 is 0 Å². The number of benzene rings is 2. The predicted molar refractivity (Wildman–Crippen MR) is 109 cm³/mol. The van der Waals surface area contributed by atoms with Crippen LogP contribution in [0.2, 0.25) is 0 Å². The summed E-state index contributed by atoms with van der Waals surface area (Å²) in [6, 6.07) is 13.3. The lowest BCUT2D eigenvalue weighted by atomic mass is 10.2. The number of hydrogen-bond donors (Lipinski definition) is 2. The van der Waals surface area contributed by atoms with Crippen LogP contribution in [0.25, 0.3) is 0 Å². The number of rotatable bonds is 7. The van der Waals surface area contributed by atoms with Crippen LogP contribution in [0.4, 0.5) is 17.5 Å². The van der Waals surface area contributed by atoms with Crippen LogP contribution < -0.4 is 29.6 Å². The molecule has 3 aromatic rings. The molecular weight excluding hydrogens is 372 g/mol. The third-order valence-electron chi connectivity index (χ3n) is 4.42. The van der Waals surface area contributed by atoms with E-state index < -0.39 is 0 Å². The van der Waals surface area contributed by atoms with Crippen molar-refractivity contribution in [1.29, 1.82) is 0 Å². The minimum atomic E-state index is 0.265. The Morgan fingerprint density at radius 1 is 0.966 bits per heavy atom. The minimum Gasteiger partial charge on any atom is -0.497 e. The maximum atomic E-state index is 5.43. The second-order valence-corrected chi connectivity index (χ2v) is 6.45. The zero-order chi connectivity index (χ0) is 20.2. The van der Waals surface area contributed by atoms with Gasteiger partial charge in [-0.25, -0.2) is 4.98 Å². The lowest BCUT2D eigenvalue weighted by molar-refractivity contribution is 0.174. The fraction of sp³-hybridized carbons (Fsp3) is 0.238. The first-order valence-electron chi connectivity index (χ1n) is 9.12. The highest BCUT2D eigenvalue weighted by Gasteiger charge is 2.13. The van der Waals surface area contributed by atoms with Gasteiger partial charge >= 0.3 is 0 Å². The Kier molecular flexibility index (Phi) is 5.24. The molecule has 0 radical (unpaired) electrons. The number of aromatic nitrogens is 2. The van der Waals surface area contributed by atoms with Gasteiger partial charge in [0.05, 0.1) is 19.9 Å². The van der Waals surface area contributed by atoms with Gasteiger partial charge < -0.3 is 29.6 Å². The van der Waals surface area contributed by atoms with Crippen LogP contribution in [0.1, 0.15) is 11.3 Å². The molecule has 0 atom stereocenters. The second-order valence-electron chi connectivity index (χ2n) is 6.45. The van der Waals surface area contributed by atoms with E-state index in [2.05, 4.69) is 20.6 Å². The molecular formula is C21H22N4O4. The number of aryl methyl sites for hydroxylation is 1. The Morgan fingerprint density at radius 3 is 2.66 bits per heavy atom. The smallest absolute Gasteiger partial charge is 0.231 e. The Hall–Kier alpha value is -3.68. The van der Waals surface area contributed by atoms with E-state index in [1.165, 1.54) is 0 Å². The molecule has 2 N–H and O–H groups in total. The third kappa shape index (κ3) is 4.26. The maximum Gasteiger partial charge on any atom is 0.231 e. The number of hydrogen-bond acceptors (Lipinski definition) is 8. The molecule has 150 valence electrons. The first-order chi connectivity index (χ1) is 14.1. The molecule has 1 aromatic heterocycles. The molecule has 0 bridgehead atoms. The highest BCUT2D eigenvalue weighted by atomic mass is 16.7. The summed E-state index contributed by atoms with van der Waals surface area (Å²) < 4.78 is 21.4. The van der Waals surface area contributed by atoms with Crippen molar-refractivity contribution in [1.82, 2.24) is 9.97 Å². The Bertz CT molecular complexity index is 1030. The second kappa shape index (κ2) is 8.14. The first kappa shape index (κ1) is 18.7. The van der Waals surface area contributed by atoms with Crippen LogP contribution in [0.3, 0.4) is 0 Å². The first-order valence-corrected chi connectivity index (χ1v) is 9.12. The van der Waals surface area contributed by atoms with Crippen LogP contribution in [0.5, 0.6) is 23.0 Å². The van der Waals surface area contributed by atoms with E-state index in [4.69, 9.17) is 18.9 Å². The lowest BCUT2D eigenvalue weighted by Crippen LogP contribution is -2.06. The zero-order valence-corrected chi connectivity index (χ0v) is 16.5. The van der Waals surface area contributed by atoms with Crippen molar-refractivity contribution < 1.29 is 18.9 Å². The van der Waals surface area contributed by atoms with E-state index in [-0.39, 0.29) is 6.79 Å². The van der Waals surface area contributed by atoms with Crippen molar-refractivity contribution >= 4 is 17.5 Å². The summed E-state index contributed by atoms with van der Waals surface area (Å²) in [6.07, 6.45) is 0. The Morgan fingerprint density at radius 2 is 1.83 bits per heavy atom. The number of anilines is 3. The van der Waals surface area contributed by atoms with Gasteiger partial charge in [-0.3, -0.25) is 0 Å². The van der Waals surface area contributed by atoms with Crippen molar-refractivity contribution in [2.45, 2.75) is 13.5 Å². The molecule has 8 nitrogen and oxygen atoms in total. The highest BCUT2D eigenvalue weighted by molar-refractivity contribution is 5.65. The van der Waals surface area contributed by atoms with E-state index in [0.29, 0.717) is 29.8 Å². The monoisotopic (exact) mass is 394 g/mol. The molecule has 2 aromatic carbocycles. The molecule has 0 aliphatic carbocycles. The third-order valence-corrected chi connectivity index (χ3v) is 4.42. The fourth-order valence-electron chi connectivity index (χ4n) is 2.98. The van der Waals surface area contributed by atoms with Crippen molar-refractivity contribution in [3.63, 3.8) is 0 Å². The summed E-state index contributed by atoms with van der Waals surface area (Å²) in [6.45, 7) is 2.78. The van der Waals surface area contributed by atoms with Gasteiger partial charge in [0.15, 0.2) is 11.5 Å². The molecule has 29 heavy (non-hydrogen) atoms. The zero-order valence-electron chi connectivity index (χ0n) is 16.5. The van der Waals surface area contributed by atoms with E-state index in [1.807, 2.05) is 43.3 Å². The van der Waals surface area contributed by atoms with Crippen molar-refractivity contribution in [2.24, 2.45) is 0 Å². The molecule has 0 fully saturated rings. The van der Waals surface area contributed by atoms with Gasteiger partial charge in [-0.2, -0.15) is 4.98 Å². The summed E-state index contributed by atoms with van der Waals surface area (Å²) in [4.78, 5) is 9.02. The standard InChI is InChI=1S/C21H22N4O4/c1-13-8-20(22-11-14-4-7-17-19(9-14)29-12-28-17)25-21(23-13)24-16-6-5-15(26-2)10-18(16)27-3/h4-10H,11-12H2,1-3H3,(H2,22,23,24,25). The molecule has 0 saturated carbocycles. The molecule has 2 heterocycles. The van der Waals surface area contributed by atoms with Crippen LogP contribution in [-0.2, 0) is 6.54 Å². The molecule has 0 amide bonds. The Labute approximate surface area is 168 Å². The number of methoxy groups -OCH3 is 2. The van der Waals surface area contributed by atoms with Gasteiger partial charge in [0.1, 0.15) is 17.3 Å². The SMILES string of the molecule is COc1ccc(Nc2nc(C)cc(NCc3ccc4c(c3)OCO4)n2)c(OC)c1. The van der Waals surface area contributed by atoms with E-state index in [0.717, 1.165) is 28.4 Å². The van der Waals surface area contributed by atoms with Gasteiger partial charge in [-0.05, 0) is 36.8 Å². The topological polar surface area (TPSA) is 86.8 Å². The van der Waals surface area contributed by atoms with Crippen molar-refractivity contribution in [3.8, 4) is 23.0 Å². The van der Waals surface area contributed by atoms with Crippen molar-refractivity contribution in [2.75, 3.05) is 31.6 Å². The number of nitrogens with zero attached hydrogens (tertiary/aromatic N) is 2. The fourth-order valence-corrected chi connectivity index (χ4v) is 2.98. The summed E-state index contributed by atoms with van der Waals surface area (Å²) in [7, 11) is 3.22.